The molecule has 1 aromatic heterocycles. The van der Waals surface area contributed by atoms with Crippen molar-refractivity contribution in [2.45, 2.75) is 148 Å². The molecule has 0 aliphatic rings. The fourth-order valence-electron chi connectivity index (χ4n) is 7.42. The van der Waals surface area contributed by atoms with Gasteiger partial charge in [0.25, 0.3) is 0 Å². The molecule has 0 aliphatic heterocycles. The summed E-state index contributed by atoms with van der Waals surface area (Å²) >= 11 is 1.41. The fourth-order valence-corrected chi connectivity index (χ4v) is 7.89. The molecular formula is C50H74N8O11S. The number of H-pyrrole nitrogens is 1. The van der Waals surface area contributed by atoms with E-state index in [1.165, 1.54) is 23.9 Å². The Morgan fingerprint density at radius 1 is 0.700 bits per heavy atom. The van der Waals surface area contributed by atoms with E-state index in [0.717, 1.165) is 23.7 Å². The van der Waals surface area contributed by atoms with Crippen LogP contribution in [0.25, 0.3) is 10.9 Å². The number of ether oxygens (including phenoxy) is 1. The SMILES string of the molecule is CCCC[C@H](NC(=O)[C@H](Cc1ccc(O)cc1)NC(=O)OC(C)(C)C)C(=O)NCC(=O)N[C@@H](Cc1c[nH]c2ccccc12)C(=O)N[C@@H](CCSC)C(=O)N[C@@H](CC(=O)O)C(=O)N(CCCC)CCCC. The number of unbranched alkanes of at least 4 members (excludes halogenated alkanes) is 3. The lowest BCUT2D eigenvalue weighted by atomic mass is 10.0. The number of amides is 7. The van der Waals surface area contributed by atoms with Gasteiger partial charge in [-0.1, -0.05) is 76.8 Å². The molecule has 0 aliphatic carbocycles. The monoisotopic (exact) mass is 995 g/mol. The fraction of sp³-hybridized carbons (Fsp3) is 0.560. The smallest absolute Gasteiger partial charge is 0.408 e. The van der Waals surface area contributed by atoms with E-state index in [9.17, 15) is 48.6 Å². The van der Waals surface area contributed by atoms with Crippen LogP contribution in [0.15, 0.2) is 54.7 Å². The molecule has 70 heavy (non-hydrogen) atoms. The van der Waals surface area contributed by atoms with E-state index < -0.39 is 96.3 Å². The third-order valence-electron chi connectivity index (χ3n) is 11.1. The van der Waals surface area contributed by atoms with Gasteiger partial charge in [-0.25, -0.2) is 4.79 Å². The summed E-state index contributed by atoms with van der Waals surface area (Å²) in [5.41, 5.74) is 1.18. The van der Waals surface area contributed by atoms with E-state index in [4.69, 9.17) is 4.74 Å². The Kier molecular flexibility index (Phi) is 24.6. The van der Waals surface area contributed by atoms with Gasteiger partial charge in [-0.15, -0.1) is 0 Å². The molecule has 0 radical (unpaired) electrons. The van der Waals surface area contributed by atoms with Crippen LogP contribution in [0.1, 0.15) is 110 Å². The summed E-state index contributed by atoms with van der Waals surface area (Å²) in [6.07, 6.45) is 6.42. The van der Waals surface area contributed by atoms with E-state index in [2.05, 4.69) is 36.9 Å². The molecule has 3 aromatic rings. The van der Waals surface area contributed by atoms with Crippen LogP contribution in [0.2, 0.25) is 0 Å². The minimum absolute atomic E-state index is 0.00665. The molecule has 9 N–H and O–H groups in total. The Morgan fingerprint density at radius 3 is 1.86 bits per heavy atom. The van der Waals surface area contributed by atoms with Crippen LogP contribution in [0.3, 0.4) is 0 Å². The maximum absolute atomic E-state index is 14.3. The minimum Gasteiger partial charge on any atom is -0.508 e. The topological polar surface area (TPSA) is 277 Å². The predicted octanol–water partition coefficient (Wildman–Crippen LogP) is 4.45. The summed E-state index contributed by atoms with van der Waals surface area (Å²) < 4.78 is 5.40. The lowest BCUT2D eigenvalue weighted by Gasteiger charge is -2.29. The van der Waals surface area contributed by atoms with E-state index in [-0.39, 0.29) is 31.4 Å². The highest BCUT2D eigenvalue weighted by atomic mass is 32.2. The van der Waals surface area contributed by atoms with Gasteiger partial charge in [0.15, 0.2) is 0 Å². The zero-order chi connectivity index (χ0) is 51.8. The second kappa shape index (κ2) is 29.7. The number of nitrogens with zero attached hydrogens (tertiary/aromatic N) is 1. The first kappa shape index (κ1) is 58.0. The first-order chi connectivity index (χ1) is 33.3. The standard InChI is InChI=1S/C50H74N8O11S/c1-8-11-17-37(54-46(65)39(57-49(68)69-50(4,5)6)27-32-19-21-34(59)22-20-32)44(63)52-31-42(60)53-40(28-33-30-51-36-18-15-14-16-35(33)36)47(66)55-38(23-26-70-7)45(64)56-41(29-43(61)62)48(67)58(24-12-9-2)25-13-10-3/h14-16,18-22,30,37-41,51,59H,8-13,17,23-29,31H2,1-7H3,(H,52,63)(H,53,60)(H,54,65)(H,55,66)(H,56,64)(H,57,68)(H,61,62)/t37-,38-,39-,40-,41-/m0/s1. The Balaban J connectivity index is 1.85. The van der Waals surface area contributed by atoms with Crippen molar-refractivity contribution < 1.29 is 53.3 Å². The average molecular weight is 995 g/mol. The van der Waals surface area contributed by atoms with Crippen LogP contribution in [-0.4, -0.2) is 135 Å². The highest BCUT2D eigenvalue weighted by Crippen LogP contribution is 2.20. The number of rotatable bonds is 30. The number of aromatic hydroxyl groups is 1. The first-order valence-electron chi connectivity index (χ1n) is 24.1. The highest BCUT2D eigenvalue weighted by Gasteiger charge is 2.34. The molecule has 0 bridgehead atoms. The lowest BCUT2D eigenvalue weighted by Crippen LogP contribution is -2.58. The maximum Gasteiger partial charge on any atom is 0.408 e. The van der Waals surface area contributed by atoms with E-state index in [0.29, 0.717) is 55.7 Å². The van der Waals surface area contributed by atoms with Gasteiger partial charge >= 0.3 is 12.1 Å². The van der Waals surface area contributed by atoms with Crippen LogP contribution in [0.5, 0.6) is 5.75 Å². The maximum atomic E-state index is 14.3. The minimum atomic E-state index is -1.39. The molecule has 20 heteroatoms. The lowest BCUT2D eigenvalue weighted by molar-refractivity contribution is -0.144. The molecule has 3 rings (SSSR count). The number of thioether (sulfide) groups is 1. The number of hydrogen-bond acceptors (Lipinski definition) is 11. The molecule has 0 fully saturated rings. The number of nitrogens with one attached hydrogen (secondary N) is 7. The number of benzene rings is 2. The van der Waals surface area contributed by atoms with Crippen molar-refractivity contribution in [3.8, 4) is 5.75 Å². The molecule has 0 saturated heterocycles. The summed E-state index contributed by atoms with van der Waals surface area (Å²) in [6.45, 7) is 11.1. The largest absolute Gasteiger partial charge is 0.508 e. The van der Waals surface area contributed by atoms with Crippen molar-refractivity contribution in [3.63, 3.8) is 0 Å². The number of carboxylic acid groups (broad SMARTS) is 1. The van der Waals surface area contributed by atoms with Gasteiger partial charge < -0.3 is 56.7 Å². The van der Waals surface area contributed by atoms with Gasteiger partial charge in [-0.05, 0) is 87.8 Å². The molecule has 5 atom stereocenters. The second-order valence-corrected chi connectivity index (χ2v) is 19.2. The zero-order valence-electron chi connectivity index (χ0n) is 41.6. The number of para-hydroxylation sites is 1. The molecule has 0 saturated carbocycles. The third-order valence-corrected chi connectivity index (χ3v) is 11.8. The van der Waals surface area contributed by atoms with Gasteiger partial charge in [0.1, 0.15) is 41.6 Å². The molecule has 386 valence electrons. The van der Waals surface area contributed by atoms with Crippen LogP contribution < -0.4 is 31.9 Å². The van der Waals surface area contributed by atoms with Gasteiger partial charge in [0.05, 0.1) is 13.0 Å². The average Bonchev–Trinajstić information content (AvgIpc) is 3.72. The molecule has 2 aromatic carbocycles. The van der Waals surface area contributed by atoms with Crippen LogP contribution in [0, 0.1) is 0 Å². The number of aromatic amines is 1. The van der Waals surface area contributed by atoms with Crippen molar-refractivity contribution in [1.82, 2.24) is 41.8 Å². The number of carboxylic acids is 1. The van der Waals surface area contributed by atoms with Crippen molar-refractivity contribution in [1.29, 1.82) is 0 Å². The molecule has 19 nitrogen and oxygen atoms in total. The van der Waals surface area contributed by atoms with Crippen LogP contribution >= 0.6 is 11.8 Å². The number of aromatic nitrogens is 1. The van der Waals surface area contributed by atoms with Gasteiger partial charge in [-0.2, -0.15) is 11.8 Å². The Labute approximate surface area is 415 Å². The third kappa shape index (κ3) is 20.3. The van der Waals surface area contributed by atoms with Crippen LogP contribution in [0.4, 0.5) is 4.79 Å². The quantitative estimate of drug-likeness (QED) is 0.0448. The number of aliphatic carboxylic acids is 1. The Hall–Kier alpha value is -6.31. The summed E-state index contributed by atoms with van der Waals surface area (Å²) in [5, 5.41) is 36.3. The summed E-state index contributed by atoms with van der Waals surface area (Å²) in [7, 11) is 0. The number of carbonyl (C=O) groups excluding carboxylic acids is 7. The van der Waals surface area contributed by atoms with Crippen molar-refractivity contribution in [2.75, 3.05) is 31.6 Å². The molecule has 0 unspecified atom stereocenters. The molecule has 7 amide bonds. The summed E-state index contributed by atoms with van der Waals surface area (Å²) in [4.78, 5) is 113. The number of hydrogen-bond donors (Lipinski definition) is 9. The van der Waals surface area contributed by atoms with E-state index in [1.54, 1.807) is 44.0 Å². The first-order valence-corrected chi connectivity index (χ1v) is 25.5. The second-order valence-electron chi connectivity index (χ2n) is 18.2. The molecule has 1 heterocycles. The van der Waals surface area contributed by atoms with Gasteiger partial charge in [-0.3, -0.25) is 33.6 Å². The number of phenolic OH excluding ortho intramolecular Hbond substituents is 1. The summed E-state index contributed by atoms with van der Waals surface area (Å²) in [6, 6.07) is 7.19. The zero-order valence-corrected chi connectivity index (χ0v) is 42.4. The van der Waals surface area contributed by atoms with Crippen molar-refractivity contribution in [2.24, 2.45) is 0 Å². The number of phenols is 1. The Morgan fingerprint density at radius 2 is 1.27 bits per heavy atom. The van der Waals surface area contributed by atoms with Gasteiger partial charge in [0, 0.05) is 43.0 Å². The van der Waals surface area contributed by atoms with Crippen LogP contribution in [-0.2, 0) is 51.1 Å². The normalized spacial score (nSPS) is 13.4. The summed E-state index contributed by atoms with van der Waals surface area (Å²) in [5.74, 6) is -5.05. The predicted molar refractivity (Wildman–Crippen MR) is 269 cm³/mol. The van der Waals surface area contributed by atoms with Crippen molar-refractivity contribution in [3.05, 3.63) is 65.9 Å². The number of fused-ring (bicyclic) bond motifs is 1. The molecule has 0 spiro atoms. The van der Waals surface area contributed by atoms with E-state index >= 15 is 0 Å². The van der Waals surface area contributed by atoms with Gasteiger partial charge in [0.2, 0.25) is 35.4 Å². The highest BCUT2D eigenvalue weighted by molar-refractivity contribution is 7.98. The number of alkyl carbamates (subject to hydrolysis) is 1. The number of carbonyl (C=O) groups is 8. The van der Waals surface area contributed by atoms with Crippen molar-refractivity contribution >= 4 is 70.2 Å². The Bertz CT molecular complexity index is 2190. The van der Waals surface area contributed by atoms with E-state index in [1.807, 2.05) is 51.3 Å². The molecular weight excluding hydrogens is 921 g/mol.